The van der Waals surface area contributed by atoms with Gasteiger partial charge in [-0.3, -0.25) is 0 Å². The minimum Gasteiger partial charge on any atom is -0.377 e. The third kappa shape index (κ3) is 28.5. The van der Waals surface area contributed by atoms with E-state index in [0.29, 0.717) is 0 Å². The average molecular weight is 654 g/mol. The molecule has 2 N–H and O–H groups in total. The molecule has 5 heteroatoms. The van der Waals surface area contributed by atoms with Gasteiger partial charge in [0.25, 0.3) is 0 Å². The van der Waals surface area contributed by atoms with E-state index >= 15 is 0 Å². The van der Waals surface area contributed by atoms with E-state index in [-0.39, 0.29) is 5.54 Å². The molecule has 0 aromatic heterocycles. The zero-order valence-electron chi connectivity index (χ0n) is 31.6. The summed E-state index contributed by atoms with van der Waals surface area (Å²) in [4.78, 5) is 0. The highest BCUT2D eigenvalue weighted by Gasteiger charge is 2.38. The zero-order chi connectivity index (χ0) is 33.2. The Morgan fingerprint density at radius 3 is 1.04 bits per heavy atom. The van der Waals surface area contributed by atoms with Gasteiger partial charge in [0.1, 0.15) is 0 Å². The van der Waals surface area contributed by atoms with Crippen molar-refractivity contribution in [3.05, 3.63) is 12.2 Å². The molecule has 0 saturated heterocycles. The molecule has 1 unspecified atom stereocenters. The second-order valence-corrected chi connectivity index (χ2v) is 17.3. The SMILES string of the molecule is CCCCCCCC/C=C\CCCCCCCC(N)(CCCCCCCCCCCCCCCC)CCC[Si](OC)(OC)OC. The van der Waals surface area contributed by atoms with Crippen LogP contribution in [-0.4, -0.2) is 35.7 Å². The molecule has 0 amide bonds. The van der Waals surface area contributed by atoms with Gasteiger partial charge in [0.2, 0.25) is 0 Å². The van der Waals surface area contributed by atoms with Crippen molar-refractivity contribution in [3.63, 3.8) is 0 Å². The largest absolute Gasteiger partial charge is 0.500 e. The highest BCUT2D eigenvalue weighted by atomic mass is 28.4. The number of rotatable bonds is 37. The number of allylic oxidation sites excluding steroid dienone is 2. The molecule has 0 radical (unpaired) electrons. The molecule has 0 aromatic carbocycles. The molecule has 0 rings (SSSR count). The van der Waals surface area contributed by atoms with Crippen LogP contribution in [0.4, 0.5) is 0 Å². The molecule has 0 aliphatic heterocycles. The summed E-state index contributed by atoms with van der Waals surface area (Å²) >= 11 is 0. The summed E-state index contributed by atoms with van der Waals surface area (Å²) in [7, 11) is 2.62. The summed E-state index contributed by atoms with van der Waals surface area (Å²) < 4.78 is 17.0. The van der Waals surface area contributed by atoms with Crippen LogP contribution in [0.15, 0.2) is 12.2 Å². The van der Waals surface area contributed by atoms with Crippen molar-refractivity contribution >= 4 is 8.80 Å². The third-order valence-electron chi connectivity index (χ3n) is 10.1. The van der Waals surface area contributed by atoms with Crippen LogP contribution in [0.5, 0.6) is 0 Å². The molecule has 1 atom stereocenters. The minimum atomic E-state index is -2.53. The maximum absolute atomic E-state index is 7.14. The first-order chi connectivity index (χ1) is 22.0. The summed E-state index contributed by atoms with van der Waals surface area (Å²) in [5.74, 6) is 0. The summed E-state index contributed by atoms with van der Waals surface area (Å²) in [6.45, 7) is 4.59. The second-order valence-electron chi connectivity index (χ2n) is 14.2. The van der Waals surface area contributed by atoms with E-state index in [4.69, 9.17) is 19.0 Å². The number of nitrogens with two attached hydrogens (primary N) is 1. The minimum absolute atomic E-state index is 0.0637. The Balaban J connectivity index is 4.20. The number of hydrogen-bond acceptors (Lipinski definition) is 4. The van der Waals surface area contributed by atoms with Crippen molar-refractivity contribution in [1.29, 1.82) is 0 Å². The van der Waals surface area contributed by atoms with Gasteiger partial charge in [0.05, 0.1) is 0 Å². The first kappa shape index (κ1) is 44.8. The second kappa shape index (κ2) is 33.7. The van der Waals surface area contributed by atoms with E-state index in [1.807, 2.05) is 0 Å². The van der Waals surface area contributed by atoms with Crippen LogP contribution in [0.2, 0.25) is 6.04 Å². The van der Waals surface area contributed by atoms with Gasteiger partial charge in [0.15, 0.2) is 0 Å². The van der Waals surface area contributed by atoms with Gasteiger partial charge in [-0.15, -0.1) is 0 Å². The Hall–Kier alpha value is -0.203. The van der Waals surface area contributed by atoms with Crippen LogP contribution in [0.3, 0.4) is 0 Å². The lowest BCUT2D eigenvalue weighted by Crippen LogP contribution is -2.44. The third-order valence-corrected chi connectivity index (χ3v) is 12.9. The normalized spacial score (nSPS) is 13.6. The van der Waals surface area contributed by atoms with Gasteiger partial charge in [0, 0.05) is 32.9 Å². The number of unbranched alkanes of at least 4 members (excludes halogenated alkanes) is 24. The first-order valence-electron chi connectivity index (χ1n) is 20.1. The molecule has 0 spiro atoms. The molecule has 270 valence electrons. The van der Waals surface area contributed by atoms with E-state index in [0.717, 1.165) is 31.7 Å². The van der Waals surface area contributed by atoms with Crippen molar-refractivity contribution in [2.24, 2.45) is 5.73 Å². The topological polar surface area (TPSA) is 53.7 Å². The molecule has 0 aromatic rings. The lowest BCUT2D eigenvalue weighted by molar-refractivity contribution is 0.121. The van der Waals surface area contributed by atoms with Gasteiger partial charge < -0.3 is 19.0 Å². The molecular formula is C40H83NO3Si. The maximum atomic E-state index is 7.14. The number of hydrogen-bond donors (Lipinski definition) is 1. The molecule has 0 fully saturated rings. The fourth-order valence-corrected chi connectivity index (χ4v) is 8.53. The van der Waals surface area contributed by atoms with Crippen molar-refractivity contribution in [2.45, 2.75) is 224 Å². The molecule has 0 aliphatic carbocycles. The van der Waals surface area contributed by atoms with Gasteiger partial charge in [-0.05, 0) is 51.4 Å². The van der Waals surface area contributed by atoms with E-state index in [1.54, 1.807) is 21.3 Å². The van der Waals surface area contributed by atoms with Gasteiger partial charge in [-0.2, -0.15) is 0 Å². The Morgan fingerprint density at radius 2 is 0.711 bits per heavy atom. The summed E-state index contributed by atoms with van der Waals surface area (Å²) in [6.07, 6.45) is 46.3. The van der Waals surface area contributed by atoms with E-state index in [1.165, 1.54) is 173 Å². The van der Waals surface area contributed by atoms with Crippen LogP contribution in [-0.2, 0) is 13.3 Å². The van der Waals surface area contributed by atoms with Crippen molar-refractivity contribution < 1.29 is 13.3 Å². The maximum Gasteiger partial charge on any atom is 0.500 e. The van der Waals surface area contributed by atoms with Gasteiger partial charge in [-0.1, -0.05) is 174 Å². The summed E-state index contributed by atoms with van der Waals surface area (Å²) in [6, 6.07) is 0.848. The molecule has 4 nitrogen and oxygen atoms in total. The van der Waals surface area contributed by atoms with E-state index in [2.05, 4.69) is 26.0 Å². The Bertz CT molecular complexity index is 604. The molecular weight excluding hydrogens is 571 g/mol. The quantitative estimate of drug-likeness (QED) is 0.0412. The van der Waals surface area contributed by atoms with Crippen LogP contribution in [0.1, 0.15) is 213 Å². The Labute approximate surface area is 285 Å². The highest BCUT2D eigenvalue weighted by Crippen LogP contribution is 2.28. The van der Waals surface area contributed by atoms with E-state index in [9.17, 15) is 0 Å². The lowest BCUT2D eigenvalue weighted by atomic mass is 9.83. The Kier molecular flexibility index (Phi) is 33.5. The standard InChI is InChI=1S/C40H83NO3Si/c1-6-8-10-12-14-16-18-20-22-24-26-28-30-32-34-37-40(41,38-35-39-45(42-3,43-4)44-5)36-33-31-29-27-25-23-21-19-17-15-13-11-9-7-2/h20,22H,6-19,21,23-39,41H2,1-5H3/b22-20-. The molecule has 0 heterocycles. The summed E-state index contributed by atoms with van der Waals surface area (Å²) in [5, 5.41) is 0. The molecule has 0 saturated carbocycles. The highest BCUT2D eigenvalue weighted by molar-refractivity contribution is 6.60. The van der Waals surface area contributed by atoms with Crippen molar-refractivity contribution in [3.8, 4) is 0 Å². The molecule has 0 aliphatic rings. The lowest BCUT2D eigenvalue weighted by Gasteiger charge is -2.32. The van der Waals surface area contributed by atoms with Gasteiger partial charge in [-0.25, -0.2) is 0 Å². The van der Waals surface area contributed by atoms with Crippen molar-refractivity contribution in [2.75, 3.05) is 21.3 Å². The van der Waals surface area contributed by atoms with Crippen molar-refractivity contribution in [1.82, 2.24) is 0 Å². The fourth-order valence-electron chi connectivity index (χ4n) is 6.81. The van der Waals surface area contributed by atoms with E-state index < -0.39 is 8.80 Å². The van der Waals surface area contributed by atoms with Crippen LogP contribution in [0, 0.1) is 0 Å². The molecule has 45 heavy (non-hydrogen) atoms. The predicted molar refractivity (Wildman–Crippen MR) is 202 cm³/mol. The van der Waals surface area contributed by atoms with Crippen LogP contribution in [0.25, 0.3) is 0 Å². The monoisotopic (exact) mass is 654 g/mol. The first-order valence-corrected chi connectivity index (χ1v) is 22.0. The Morgan fingerprint density at radius 1 is 0.422 bits per heavy atom. The summed E-state index contributed by atoms with van der Waals surface area (Å²) in [5.41, 5.74) is 7.07. The van der Waals surface area contributed by atoms with Gasteiger partial charge >= 0.3 is 8.80 Å². The van der Waals surface area contributed by atoms with Crippen LogP contribution < -0.4 is 5.73 Å². The predicted octanol–water partition coefficient (Wildman–Crippen LogP) is 13.3. The fraction of sp³-hybridized carbons (Fsp3) is 0.950. The van der Waals surface area contributed by atoms with Crippen LogP contribution >= 0.6 is 0 Å². The average Bonchev–Trinajstić information content (AvgIpc) is 3.05. The molecule has 0 bridgehead atoms. The smallest absolute Gasteiger partial charge is 0.377 e. The zero-order valence-corrected chi connectivity index (χ0v) is 32.6.